The summed E-state index contributed by atoms with van der Waals surface area (Å²) in [7, 11) is 0. The fourth-order valence-electron chi connectivity index (χ4n) is 0.111. The third kappa shape index (κ3) is 13.2. The van der Waals surface area contributed by atoms with E-state index in [0.29, 0.717) is 12.6 Å². The molecule has 2 radical (unpaired) electrons. The Balaban J connectivity index is -0.000000180. The second kappa shape index (κ2) is 11.3. The Bertz CT molecular complexity index is 203. The summed E-state index contributed by atoms with van der Waals surface area (Å²) in [4.78, 5) is 38.2. The van der Waals surface area contributed by atoms with Crippen molar-refractivity contribution in [1.82, 2.24) is 0 Å². The second-order valence-electron chi connectivity index (χ2n) is 2.49. The van der Waals surface area contributed by atoms with E-state index in [1.807, 2.05) is 0 Å². The third-order valence-electron chi connectivity index (χ3n) is 1.15. The van der Waals surface area contributed by atoms with Gasteiger partial charge >= 0.3 is 27.3 Å². The average Bonchev–Trinajstić information content (AvgIpc) is 2.15. The molecule has 82 valence electrons. The molecular weight excluding hydrogens is 399 g/mol. The first-order chi connectivity index (χ1) is 6.36. The van der Waals surface area contributed by atoms with Gasteiger partial charge in [-0.05, 0) is 0 Å². The van der Waals surface area contributed by atoms with Crippen LogP contribution in [0.25, 0.3) is 0 Å². The van der Waals surface area contributed by atoms with Crippen LogP contribution in [0.3, 0.4) is 0 Å². The Kier molecular flexibility index (Phi) is 14.8. The van der Waals surface area contributed by atoms with E-state index in [2.05, 4.69) is 0 Å². The minimum Gasteiger partial charge on any atom is -0.549 e. The first-order valence-corrected chi connectivity index (χ1v) is 3.69. The standard InChI is InChI=1S/2C4H6O3.Pb/c2*1-3(2-5)4(6)7;/h2*2-3H,1H3,(H,6,7);/q;;+2/p-2. The molecule has 0 aliphatic carbocycles. The van der Waals surface area contributed by atoms with E-state index in [0.717, 1.165) is 0 Å². The molecule has 0 amide bonds. The molecule has 6 nitrogen and oxygen atoms in total. The largest absolute Gasteiger partial charge is 2.00 e. The zero-order chi connectivity index (χ0) is 11.7. The number of carbonyl (C=O) groups is 4. The van der Waals surface area contributed by atoms with Crippen LogP contribution in [-0.4, -0.2) is 51.8 Å². The number of hydrogen-bond acceptors (Lipinski definition) is 6. The van der Waals surface area contributed by atoms with Crippen molar-refractivity contribution in [2.45, 2.75) is 13.8 Å². The summed E-state index contributed by atoms with van der Waals surface area (Å²) in [5, 5.41) is 19.2. The van der Waals surface area contributed by atoms with Gasteiger partial charge in [0.2, 0.25) is 0 Å². The second-order valence-corrected chi connectivity index (χ2v) is 2.49. The fourth-order valence-corrected chi connectivity index (χ4v) is 0.111. The quantitative estimate of drug-likeness (QED) is 0.274. The molecule has 0 aromatic rings. The van der Waals surface area contributed by atoms with Crippen LogP contribution < -0.4 is 10.2 Å². The molecule has 7 heteroatoms. The van der Waals surface area contributed by atoms with Crippen molar-refractivity contribution in [3.63, 3.8) is 0 Å². The van der Waals surface area contributed by atoms with Gasteiger partial charge in [0.25, 0.3) is 0 Å². The maximum atomic E-state index is 9.59. The van der Waals surface area contributed by atoms with Gasteiger partial charge in [-0.15, -0.1) is 0 Å². The first-order valence-electron chi connectivity index (χ1n) is 3.69. The van der Waals surface area contributed by atoms with Crippen molar-refractivity contribution in [3.8, 4) is 0 Å². The van der Waals surface area contributed by atoms with E-state index in [1.165, 1.54) is 13.8 Å². The van der Waals surface area contributed by atoms with E-state index in [1.54, 1.807) is 0 Å². The molecule has 0 aliphatic heterocycles. The predicted octanol–water partition coefficient (Wildman–Crippen LogP) is -3.24. The van der Waals surface area contributed by atoms with E-state index < -0.39 is 23.8 Å². The summed E-state index contributed by atoms with van der Waals surface area (Å²) in [5.41, 5.74) is 0. The maximum Gasteiger partial charge on any atom is 2.00 e. The Morgan fingerprint density at radius 2 is 1.13 bits per heavy atom. The summed E-state index contributed by atoms with van der Waals surface area (Å²) in [6.07, 6.45) is 0.657. The molecule has 0 aromatic carbocycles. The van der Waals surface area contributed by atoms with E-state index in [9.17, 15) is 29.4 Å². The molecule has 0 fully saturated rings. The SMILES string of the molecule is CC(C=O)C(=O)[O-].CC(C=O)C(=O)[O-].[Pb+2]. The average molecular weight is 409 g/mol. The minimum absolute atomic E-state index is 0. The Labute approximate surface area is 107 Å². The van der Waals surface area contributed by atoms with Gasteiger partial charge in [0, 0.05) is 0 Å². The summed E-state index contributed by atoms with van der Waals surface area (Å²) in [6.45, 7) is 2.53. The fraction of sp³-hybridized carbons (Fsp3) is 0.500. The van der Waals surface area contributed by atoms with Crippen molar-refractivity contribution in [2.24, 2.45) is 11.8 Å². The van der Waals surface area contributed by atoms with Crippen LogP contribution in [0.5, 0.6) is 0 Å². The van der Waals surface area contributed by atoms with Gasteiger partial charge < -0.3 is 29.4 Å². The van der Waals surface area contributed by atoms with Gasteiger partial charge in [0.05, 0.1) is 23.8 Å². The molecule has 0 aromatic heterocycles. The monoisotopic (exact) mass is 410 g/mol. The number of carboxylic acids is 2. The van der Waals surface area contributed by atoms with Crippen molar-refractivity contribution >= 4 is 51.8 Å². The van der Waals surface area contributed by atoms with E-state index in [-0.39, 0.29) is 27.3 Å². The smallest absolute Gasteiger partial charge is 0.549 e. The van der Waals surface area contributed by atoms with Crippen LogP contribution in [-0.2, 0) is 19.2 Å². The number of aliphatic carboxylic acids is 2. The number of carboxylic acid groups (broad SMARTS) is 2. The number of aldehydes is 2. The molecule has 0 aliphatic rings. The number of hydrogen-bond donors (Lipinski definition) is 0. The third-order valence-corrected chi connectivity index (χ3v) is 1.15. The molecule has 0 spiro atoms. The number of rotatable bonds is 4. The van der Waals surface area contributed by atoms with Crippen molar-refractivity contribution in [1.29, 1.82) is 0 Å². The van der Waals surface area contributed by atoms with Crippen LogP contribution in [0.2, 0.25) is 0 Å². The Morgan fingerprint density at radius 3 is 1.13 bits per heavy atom. The molecule has 2 unspecified atom stereocenters. The van der Waals surface area contributed by atoms with Crippen molar-refractivity contribution < 1.29 is 29.4 Å². The number of carbonyl (C=O) groups excluding carboxylic acids is 4. The van der Waals surface area contributed by atoms with Gasteiger partial charge in [-0.1, -0.05) is 13.8 Å². The van der Waals surface area contributed by atoms with Crippen molar-refractivity contribution in [2.75, 3.05) is 0 Å². The minimum atomic E-state index is -1.32. The molecule has 15 heavy (non-hydrogen) atoms. The summed E-state index contributed by atoms with van der Waals surface area (Å²) in [5.74, 6) is -4.59. The Morgan fingerprint density at radius 1 is 0.933 bits per heavy atom. The molecule has 0 saturated heterocycles. The topological polar surface area (TPSA) is 114 Å². The summed E-state index contributed by atoms with van der Waals surface area (Å²) in [6, 6.07) is 0. The first kappa shape index (κ1) is 19.7. The Hall–Kier alpha value is -0.798. The van der Waals surface area contributed by atoms with Gasteiger partial charge in [-0.25, -0.2) is 0 Å². The van der Waals surface area contributed by atoms with Crippen LogP contribution in [0.15, 0.2) is 0 Å². The summed E-state index contributed by atoms with van der Waals surface area (Å²) >= 11 is 0. The van der Waals surface area contributed by atoms with Crippen LogP contribution in [0, 0.1) is 11.8 Å². The van der Waals surface area contributed by atoms with Gasteiger partial charge in [0.15, 0.2) is 0 Å². The molecule has 2 atom stereocenters. The molecule has 0 bridgehead atoms. The molecule has 0 N–H and O–H groups in total. The van der Waals surface area contributed by atoms with Gasteiger partial charge in [-0.3, -0.25) is 0 Å². The zero-order valence-corrected chi connectivity index (χ0v) is 12.1. The normalized spacial score (nSPS) is 11.9. The predicted molar refractivity (Wildman–Crippen MR) is 46.2 cm³/mol. The van der Waals surface area contributed by atoms with Crippen LogP contribution >= 0.6 is 0 Å². The van der Waals surface area contributed by atoms with Crippen LogP contribution in [0.4, 0.5) is 0 Å². The van der Waals surface area contributed by atoms with E-state index in [4.69, 9.17) is 0 Å². The van der Waals surface area contributed by atoms with E-state index >= 15 is 0 Å². The van der Waals surface area contributed by atoms with Gasteiger partial charge in [-0.2, -0.15) is 0 Å². The molecule has 0 saturated carbocycles. The van der Waals surface area contributed by atoms with Crippen molar-refractivity contribution in [3.05, 3.63) is 0 Å². The van der Waals surface area contributed by atoms with Gasteiger partial charge in [0.1, 0.15) is 12.6 Å². The zero-order valence-electron chi connectivity index (χ0n) is 8.26. The summed E-state index contributed by atoms with van der Waals surface area (Å²) < 4.78 is 0. The maximum absolute atomic E-state index is 9.59. The molecular formula is C8H10O6Pb. The molecule has 0 rings (SSSR count). The molecule has 0 heterocycles. The van der Waals surface area contributed by atoms with Crippen LogP contribution in [0.1, 0.15) is 13.8 Å².